The van der Waals surface area contributed by atoms with Gasteiger partial charge in [0.2, 0.25) is 5.88 Å². The highest BCUT2D eigenvalue weighted by atomic mass is 79.9. The van der Waals surface area contributed by atoms with Gasteiger partial charge in [0.1, 0.15) is 6.33 Å². The van der Waals surface area contributed by atoms with Gasteiger partial charge in [-0.05, 0) is 41.3 Å². The van der Waals surface area contributed by atoms with E-state index in [1.807, 2.05) is 42.5 Å². The minimum absolute atomic E-state index is 0.0774. The molecule has 0 spiro atoms. The molecule has 134 valence electrons. The van der Waals surface area contributed by atoms with Crippen LogP contribution in [0.5, 0.6) is 5.88 Å². The van der Waals surface area contributed by atoms with Gasteiger partial charge in [0.15, 0.2) is 6.61 Å². The van der Waals surface area contributed by atoms with Crippen LogP contribution in [0.1, 0.15) is 26.3 Å². The summed E-state index contributed by atoms with van der Waals surface area (Å²) in [6.45, 7) is 6.33. The molecule has 0 aliphatic heterocycles. The number of rotatable bonds is 4. The largest absolute Gasteiger partial charge is 0.467 e. The first-order chi connectivity index (χ1) is 12.3. The maximum absolute atomic E-state index is 12.2. The van der Waals surface area contributed by atoms with Gasteiger partial charge >= 0.3 is 0 Å². The van der Waals surface area contributed by atoms with E-state index in [1.165, 1.54) is 11.9 Å². The molecular formula is C20H20BrN3O2. The zero-order chi connectivity index (χ0) is 18.7. The summed E-state index contributed by atoms with van der Waals surface area (Å²) in [6, 6.07) is 13.5. The van der Waals surface area contributed by atoms with E-state index in [4.69, 9.17) is 4.74 Å². The number of carbonyl (C=O) groups excluding carboxylic acids is 1. The second-order valence-electron chi connectivity index (χ2n) is 7.00. The number of halogens is 1. The summed E-state index contributed by atoms with van der Waals surface area (Å²) in [5.41, 5.74) is 2.79. The van der Waals surface area contributed by atoms with Crippen LogP contribution in [0, 0.1) is 0 Å². The summed E-state index contributed by atoms with van der Waals surface area (Å²) in [6.07, 6.45) is 1.43. The van der Waals surface area contributed by atoms with E-state index in [-0.39, 0.29) is 17.9 Å². The van der Waals surface area contributed by atoms with Crippen LogP contribution in [0.15, 0.2) is 53.3 Å². The van der Waals surface area contributed by atoms with E-state index in [0.717, 1.165) is 21.1 Å². The zero-order valence-electron chi connectivity index (χ0n) is 14.9. The molecule has 3 rings (SSSR count). The molecule has 26 heavy (non-hydrogen) atoms. The van der Waals surface area contributed by atoms with Crippen molar-refractivity contribution in [1.29, 1.82) is 0 Å². The second kappa shape index (κ2) is 7.41. The van der Waals surface area contributed by atoms with Gasteiger partial charge in [-0.2, -0.15) is 0 Å². The molecule has 0 saturated heterocycles. The molecule has 0 bridgehead atoms. The molecule has 1 amide bonds. The lowest BCUT2D eigenvalue weighted by atomic mass is 9.87. The number of fused-ring (bicyclic) bond motifs is 1. The van der Waals surface area contributed by atoms with Crippen LogP contribution < -0.4 is 10.1 Å². The highest BCUT2D eigenvalue weighted by molar-refractivity contribution is 9.10. The van der Waals surface area contributed by atoms with Crippen molar-refractivity contribution >= 4 is 38.4 Å². The first kappa shape index (κ1) is 18.3. The van der Waals surface area contributed by atoms with Gasteiger partial charge in [0, 0.05) is 10.2 Å². The SMILES string of the molecule is CC(C)(C)c1ccc(NC(=O)COc2ncnc3ccc(Br)cc23)cc1. The monoisotopic (exact) mass is 413 g/mol. The van der Waals surface area contributed by atoms with Gasteiger partial charge in [-0.15, -0.1) is 0 Å². The van der Waals surface area contributed by atoms with Crippen LogP contribution in [0.2, 0.25) is 0 Å². The van der Waals surface area contributed by atoms with Crippen LogP contribution >= 0.6 is 15.9 Å². The van der Waals surface area contributed by atoms with Crippen LogP contribution in [-0.4, -0.2) is 22.5 Å². The Bertz CT molecular complexity index is 934. The summed E-state index contributed by atoms with van der Waals surface area (Å²) in [7, 11) is 0. The topological polar surface area (TPSA) is 64.1 Å². The van der Waals surface area contributed by atoms with Crippen molar-refractivity contribution in [3.63, 3.8) is 0 Å². The quantitative estimate of drug-likeness (QED) is 0.672. The molecule has 5 nitrogen and oxygen atoms in total. The van der Waals surface area contributed by atoms with E-state index in [9.17, 15) is 4.79 Å². The lowest BCUT2D eigenvalue weighted by molar-refractivity contribution is -0.118. The smallest absolute Gasteiger partial charge is 0.262 e. The molecule has 0 aliphatic carbocycles. The summed E-state index contributed by atoms with van der Waals surface area (Å²) >= 11 is 3.42. The Morgan fingerprint density at radius 2 is 1.85 bits per heavy atom. The number of benzene rings is 2. The number of hydrogen-bond acceptors (Lipinski definition) is 4. The molecule has 0 aliphatic rings. The van der Waals surface area contributed by atoms with Crippen LogP contribution in [0.3, 0.4) is 0 Å². The second-order valence-corrected chi connectivity index (χ2v) is 7.92. The molecule has 1 N–H and O–H groups in total. The minimum Gasteiger partial charge on any atom is -0.467 e. The zero-order valence-corrected chi connectivity index (χ0v) is 16.5. The Kier molecular flexibility index (Phi) is 5.23. The molecule has 2 aromatic carbocycles. The van der Waals surface area contributed by atoms with Crippen molar-refractivity contribution in [1.82, 2.24) is 9.97 Å². The van der Waals surface area contributed by atoms with Gasteiger partial charge in [0.25, 0.3) is 5.91 Å². The number of nitrogens with one attached hydrogen (secondary N) is 1. The average Bonchev–Trinajstić information content (AvgIpc) is 2.59. The number of amides is 1. The van der Waals surface area contributed by atoms with E-state index >= 15 is 0 Å². The van der Waals surface area contributed by atoms with Gasteiger partial charge < -0.3 is 10.1 Å². The normalized spacial score (nSPS) is 11.4. The Hall–Kier alpha value is -2.47. The lowest BCUT2D eigenvalue weighted by Crippen LogP contribution is -2.20. The Morgan fingerprint density at radius 3 is 2.54 bits per heavy atom. The van der Waals surface area contributed by atoms with Gasteiger partial charge in [0.05, 0.1) is 10.9 Å². The Balaban J connectivity index is 1.65. The highest BCUT2D eigenvalue weighted by Gasteiger charge is 2.13. The summed E-state index contributed by atoms with van der Waals surface area (Å²) in [4.78, 5) is 20.5. The fraction of sp³-hybridized carbons (Fsp3) is 0.250. The molecule has 0 unspecified atom stereocenters. The molecule has 0 radical (unpaired) electrons. The van der Waals surface area contributed by atoms with E-state index in [0.29, 0.717) is 5.88 Å². The number of carbonyl (C=O) groups is 1. The summed E-state index contributed by atoms with van der Waals surface area (Å²) < 4.78 is 6.50. The molecule has 1 heterocycles. The van der Waals surface area contributed by atoms with Crippen molar-refractivity contribution in [3.05, 3.63) is 58.8 Å². The average molecular weight is 414 g/mol. The fourth-order valence-corrected chi connectivity index (χ4v) is 2.87. The highest BCUT2D eigenvalue weighted by Crippen LogP contribution is 2.25. The molecule has 0 atom stereocenters. The molecule has 3 aromatic rings. The number of anilines is 1. The minimum atomic E-state index is -0.240. The van der Waals surface area contributed by atoms with Crippen LogP contribution in [0.25, 0.3) is 10.9 Å². The molecule has 0 fully saturated rings. The van der Waals surface area contributed by atoms with Gasteiger partial charge in [-0.1, -0.05) is 48.8 Å². The fourth-order valence-electron chi connectivity index (χ4n) is 2.50. The predicted molar refractivity (Wildman–Crippen MR) is 107 cm³/mol. The maximum atomic E-state index is 12.2. The molecule has 1 aromatic heterocycles. The van der Waals surface area contributed by atoms with Crippen molar-refractivity contribution in [2.24, 2.45) is 0 Å². The first-order valence-corrected chi connectivity index (χ1v) is 9.06. The van der Waals surface area contributed by atoms with Crippen molar-refractivity contribution in [2.45, 2.75) is 26.2 Å². The molecular weight excluding hydrogens is 394 g/mol. The summed E-state index contributed by atoms with van der Waals surface area (Å²) in [5.74, 6) is 0.143. The Morgan fingerprint density at radius 1 is 1.12 bits per heavy atom. The maximum Gasteiger partial charge on any atom is 0.262 e. The van der Waals surface area contributed by atoms with Gasteiger partial charge in [-0.25, -0.2) is 9.97 Å². The van der Waals surface area contributed by atoms with E-state index < -0.39 is 0 Å². The summed E-state index contributed by atoms with van der Waals surface area (Å²) in [5, 5.41) is 3.59. The third-order valence-electron chi connectivity index (χ3n) is 3.94. The third-order valence-corrected chi connectivity index (χ3v) is 4.43. The third kappa shape index (κ3) is 4.38. The number of ether oxygens (including phenoxy) is 1. The van der Waals surface area contributed by atoms with Crippen LogP contribution in [0.4, 0.5) is 5.69 Å². The van der Waals surface area contributed by atoms with Crippen molar-refractivity contribution in [3.8, 4) is 5.88 Å². The van der Waals surface area contributed by atoms with Crippen molar-refractivity contribution < 1.29 is 9.53 Å². The van der Waals surface area contributed by atoms with Crippen molar-refractivity contribution in [2.75, 3.05) is 11.9 Å². The lowest BCUT2D eigenvalue weighted by Gasteiger charge is -2.19. The van der Waals surface area contributed by atoms with Gasteiger partial charge in [-0.3, -0.25) is 4.79 Å². The number of nitrogens with zero attached hydrogens (tertiary/aromatic N) is 2. The number of aromatic nitrogens is 2. The van der Waals surface area contributed by atoms with E-state index in [1.54, 1.807) is 0 Å². The number of hydrogen-bond donors (Lipinski definition) is 1. The molecule has 6 heteroatoms. The standard InChI is InChI=1S/C20H20BrN3O2/c1-20(2,3)13-4-7-15(8-5-13)24-18(25)11-26-19-16-10-14(21)6-9-17(16)22-12-23-19/h4-10,12H,11H2,1-3H3,(H,24,25). The van der Waals surface area contributed by atoms with E-state index in [2.05, 4.69) is 52.0 Å². The Labute approximate surface area is 160 Å². The first-order valence-electron chi connectivity index (χ1n) is 8.26. The van der Waals surface area contributed by atoms with Crippen LogP contribution in [-0.2, 0) is 10.2 Å². The predicted octanol–water partition coefficient (Wildman–Crippen LogP) is 4.71. The molecule has 0 saturated carbocycles.